The molecular weight excluding hydrogens is 296 g/mol. The molecular formula is C17H24N2O4. The predicted molar refractivity (Wildman–Crippen MR) is 86.3 cm³/mol. The number of rotatable bonds is 6. The molecule has 6 heteroatoms. The number of primary amides is 1. The molecule has 0 bridgehead atoms. The number of likely N-dealkylation sites (tertiary alicyclic amines) is 1. The van der Waals surface area contributed by atoms with E-state index in [2.05, 4.69) is 0 Å². The Hall–Kier alpha value is -2.08. The van der Waals surface area contributed by atoms with E-state index in [1.165, 1.54) is 0 Å². The molecule has 126 valence electrons. The fourth-order valence-electron chi connectivity index (χ4n) is 2.99. The van der Waals surface area contributed by atoms with Crippen LogP contribution in [0.1, 0.15) is 29.6 Å². The van der Waals surface area contributed by atoms with Crippen molar-refractivity contribution in [2.45, 2.75) is 19.3 Å². The Kier molecular flexibility index (Phi) is 5.60. The van der Waals surface area contributed by atoms with Gasteiger partial charge in [-0.3, -0.25) is 9.59 Å². The van der Waals surface area contributed by atoms with Gasteiger partial charge in [-0.2, -0.15) is 0 Å². The zero-order chi connectivity index (χ0) is 16.9. The van der Waals surface area contributed by atoms with Crippen molar-refractivity contribution in [2.75, 3.05) is 33.9 Å². The molecule has 23 heavy (non-hydrogen) atoms. The minimum Gasteiger partial charge on any atom is -0.497 e. The summed E-state index contributed by atoms with van der Waals surface area (Å²) in [6, 6.07) is 7.09. The second-order valence-electron chi connectivity index (χ2n) is 5.91. The highest BCUT2D eigenvalue weighted by molar-refractivity contribution is 5.95. The van der Waals surface area contributed by atoms with Gasteiger partial charge in [-0.15, -0.1) is 0 Å². The minimum absolute atomic E-state index is 0.0475. The number of benzene rings is 1. The van der Waals surface area contributed by atoms with Crippen molar-refractivity contribution < 1.29 is 19.1 Å². The predicted octanol–water partition coefficient (Wildman–Crippen LogP) is 1.44. The highest BCUT2D eigenvalue weighted by Crippen LogP contribution is 2.35. The summed E-state index contributed by atoms with van der Waals surface area (Å²) in [5, 5.41) is 0. The smallest absolute Gasteiger partial charge is 0.253 e. The zero-order valence-corrected chi connectivity index (χ0v) is 13.7. The lowest BCUT2D eigenvalue weighted by atomic mass is 9.75. The van der Waals surface area contributed by atoms with Crippen molar-refractivity contribution in [3.8, 4) is 5.75 Å². The molecule has 0 unspecified atom stereocenters. The molecule has 0 radical (unpaired) electrons. The Balaban J connectivity index is 2.05. The van der Waals surface area contributed by atoms with Crippen LogP contribution in [0, 0.1) is 5.41 Å². The summed E-state index contributed by atoms with van der Waals surface area (Å²) >= 11 is 0. The van der Waals surface area contributed by atoms with Crippen LogP contribution in [0.3, 0.4) is 0 Å². The van der Waals surface area contributed by atoms with Gasteiger partial charge in [-0.05, 0) is 37.5 Å². The number of carbonyl (C=O) groups is 2. The van der Waals surface area contributed by atoms with Crippen LogP contribution >= 0.6 is 0 Å². The van der Waals surface area contributed by atoms with E-state index in [9.17, 15) is 9.59 Å². The lowest BCUT2D eigenvalue weighted by Gasteiger charge is -2.39. The maximum atomic E-state index is 12.6. The summed E-state index contributed by atoms with van der Waals surface area (Å²) in [6.07, 6.45) is 1.74. The van der Waals surface area contributed by atoms with Crippen LogP contribution in [0.15, 0.2) is 24.3 Å². The van der Waals surface area contributed by atoms with E-state index < -0.39 is 5.41 Å². The molecule has 1 heterocycles. The number of piperidine rings is 1. The normalized spacial score (nSPS) is 16.9. The first-order chi connectivity index (χ1) is 11.0. The number of hydrogen-bond donors (Lipinski definition) is 1. The molecule has 1 aliphatic heterocycles. The Bertz CT molecular complexity index is 565. The molecule has 2 rings (SSSR count). The second-order valence-corrected chi connectivity index (χ2v) is 5.91. The van der Waals surface area contributed by atoms with Crippen molar-refractivity contribution in [3.05, 3.63) is 29.8 Å². The third kappa shape index (κ3) is 3.82. The Labute approximate surface area is 136 Å². The van der Waals surface area contributed by atoms with E-state index in [0.717, 1.165) is 0 Å². The zero-order valence-electron chi connectivity index (χ0n) is 13.7. The minimum atomic E-state index is -0.568. The lowest BCUT2D eigenvalue weighted by Crippen LogP contribution is -2.49. The van der Waals surface area contributed by atoms with Crippen molar-refractivity contribution in [2.24, 2.45) is 11.1 Å². The maximum absolute atomic E-state index is 12.6. The Morgan fingerprint density at radius 1 is 1.26 bits per heavy atom. The second kappa shape index (κ2) is 7.46. The number of hydrogen-bond acceptors (Lipinski definition) is 4. The van der Waals surface area contributed by atoms with Gasteiger partial charge in [0.1, 0.15) is 5.75 Å². The van der Waals surface area contributed by atoms with Gasteiger partial charge in [0.25, 0.3) is 5.91 Å². The molecule has 0 spiro atoms. The largest absolute Gasteiger partial charge is 0.497 e. The number of methoxy groups -OCH3 is 2. The van der Waals surface area contributed by atoms with E-state index in [1.54, 1.807) is 43.4 Å². The molecule has 0 aromatic heterocycles. The summed E-state index contributed by atoms with van der Waals surface area (Å²) in [4.78, 5) is 26.2. The molecule has 0 saturated carbocycles. The third-order valence-corrected chi connectivity index (χ3v) is 4.63. The lowest BCUT2D eigenvalue weighted by molar-refractivity contribution is -0.131. The van der Waals surface area contributed by atoms with Gasteiger partial charge in [-0.25, -0.2) is 0 Å². The highest BCUT2D eigenvalue weighted by atomic mass is 16.5. The molecule has 2 N–H and O–H groups in total. The standard InChI is InChI=1S/C17H24N2O4/c1-22-11-8-17(16(18)21)6-9-19(10-7-17)15(20)13-4-3-5-14(12-13)23-2/h3-5,12H,6-11H2,1-2H3,(H2,18,21). The fraction of sp³-hybridized carbons (Fsp3) is 0.529. The van der Waals surface area contributed by atoms with E-state index in [4.69, 9.17) is 15.2 Å². The van der Waals surface area contributed by atoms with Crippen LogP contribution in [0.4, 0.5) is 0 Å². The van der Waals surface area contributed by atoms with Crippen LogP contribution < -0.4 is 10.5 Å². The van der Waals surface area contributed by atoms with Gasteiger partial charge in [0, 0.05) is 32.4 Å². The molecule has 1 fully saturated rings. The van der Waals surface area contributed by atoms with Crippen LogP contribution in [-0.4, -0.2) is 50.6 Å². The first kappa shape index (κ1) is 17.3. The first-order valence-corrected chi connectivity index (χ1v) is 7.74. The SMILES string of the molecule is COCCC1(C(N)=O)CCN(C(=O)c2cccc(OC)c2)CC1. The number of nitrogens with zero attached hydrogens (tertiary/aromatic N) is 1. The topological polar surface area (TPSA) is 81.9 Å². The summed E-state index contributed by atoms with van der Waals surface area (Å²) in [6.45, 7) is 1.53. The quantitative estimate of drug-likeness (QED) is 0.860. The Morgan fingerprint density at radius 2 is 1.96 bits per heavy atom. The number of ether oxygens (including phenoxy) is 2. The van der Waals surface area contributed by atoms with Gasteiger partial charge in [0.2, 0.25) is 5.91 Å². The fourth-order valence-corrected chi connectivity index (χ4v) is 2.99. The summed E-state index contributed by atoms with van der Waals surface area (Å²) < 4.78 is 10.2. The van der Waals surface area contributed by atoms with Gasteiger partial charge >= 0.3 is 0 Å². The maximum Gasteiger partial charge on any atom is 0.253 e. The third-order valence-electron chi connectivity index (χ3n) is 4.63. The van der Waals surface area contributed by atoms with Gasteiger partial charge < -0.3 is 20.1 Å². The summed E-state index contributed by atoms with van der Waals surface area (Å²) in [7, 11) is 3.18. The van der Waals surface area contributed by atoms with E-state index in [-0.39, 0.29) is 11.8 Å². The van der Waals surface area contributed by atoms with Crippen molar-refractivity contribution >= 4 is 11.8 Å². The first-order valence-electron chi connectivity index (χ1n) is 7.74. The molecule has 1 aromatic rings. The molecule has 0 atom stereocenters. The van der Waals surface area contributed by atoms with Crippen molar-refractivity contribution in [3.63, 3.8) is 0 Å². The van der Waals surface area contributed by atoms with Crippen molar-refractivity contribution in [1.82, 2.24) is 4.90 Å². The molecule has 1 saturated heterocycles. The van der Waals surface area contributed by atoms with Crippen LogP contribution in [-0.2, 0) is 9.53 Å². The van der Waals surface area contributed by atoms with E-state index in [1.807, 2.05) is 0 Å². The van der Waals surface area contributed by atoms with Gasteiger partial charge in [0.05, 0.1) is 12.5 Å². The molecule has 6 nitrogen and oxygen atoms in total. The average Bonchev–Trinajstić information content (AvgIpc) is 2.59. The van der Waals surface area contributed by atoms with Gasteiger partial charge in [-0.1, -0.05) is 6.07 Å². The molecule has 1 aliphatic rings. The number of amides is 2. The molecule has 1 aromatic carbocycles. The van der Waals surface area contributed by atoms with Gasteiger partial charge in [0.15, 0.2) is 0 Å². The van der Waals surface area contributed by atoms with Crippen LogP contribution in [0.25, 0.3) is 0 Å². The van der Waals surface area contributed by atoms with Crippen LogP contribution in [0.5, 0.6) is 5.75 Å². The number of nitrogens with two attached hydrogens (primary N) is 1. The number of carbonyl (C=O) groups excluding carboxylic acids is 2. The van der Waals surface area contributed by atoms with Crippen molar-refractivity contribution in [1.29, 1.82) is 0 Å². The monoisotopic (exact) mass is 320 g/mol. The highest BCUT2D eigenvalue weighted by Gasteiger charge is 2.40. The summed E-state index contributed by atoms with van der Waals surface area (Å²) in [5.41, 5.74) is 5.62. The van der Waals surface area contributed by atoms with Crippen LogP contribution in [0.2, 0.25) is 0 Å². The molecule has 0 aliphatic carbocycles. The molecule has 2 amide bonds. The van der Waals surface area contributed by atoms with E-state index in [0.29, 0.717) is 50.3 Å². The van der Waals surface area contributed by atoms with E-state index >= 15 is 0 Å². The Morgan fingerprint density at radius 3 is 2.52 bits per heavy atom. The average molecular weight is 320 g/mol. The summed E-state index contributed by atoms with van der Waals surface area (Å²) in [5.74, 6) is 0.302.